The van der Waals surface area contributed by atoms with Gasteiger partial charge in [-0.05, 0) is 33.1 Å². The fourth-order valence-corrected chi connectivity index (χ4v) is 4.35. The maximum Gasteiger partial charge on any atom is 0.245 e. The molecule has 140 valence electrons. The number of aromatic nitrogens is 3. The van der Waals surface area contributed by atoms with Crippen molar-refractivity contribution in [3.05, 3.63) is 29.4 Å². The van der Waals surface area contributed by atoms with E-state index in [1.807, 2.05) is 36.5 Å². The van der Waals surface area contributed by atoms with Crippen molar-refractivity contribution in [1.82, 2.24) is 20.3 Å². The minimum absolute atomic E-state index is 0.00869. The van der Waals surface area contributed by atoms with Crippen LogP contribution in [0.4, 0.5) is 5.69 Å². The Morgan fingerprint density at radius 3 is 2.77 bits per heavy atom. The second kappa shape index (κ2) is 6.87. The number of amides is 1. The number of carbonyl (C=O) groups excluding carboxylic acids is 1. The molecule has 3 heterocycles. The lowest BCUT2D eigenvalue weighted by Crippen LogP contribution is -2.34. The first-order chi connectivity index (χ1) is 12.5. The third kappa shape index (κ3) is 3.16. The topological polar surface area (TPSA) is 76.2 Å². The molecule has 0 bridgehead atoms. The minimum atomic E-state index is -0.0704. The summed E-state index contributed by atoms with van der Waals surface area (Å²) in [5, 5.41) is 11.9. The Kier molecular flexibility index (Phi) is 4.56. The van der Waals surface area contributed by atoms with E-state index in [1.165, 1.54) is 25.7 Å². The van der Waals surface area contributed by atoms with Gasteiger partial charge < -0.3 is 4.52 Å². The lowest BCUT2D eigenvalue weighted by atomic mass is 9.98. The molecule has 1 aliphatic heterocycles. The first-order valence-corrected chi connectivity index (χ1v) is 9.56. The zero-order chi connectivity index (χ0) is 18.3. The molecule has 7 heteroatoms. The number of nitrogens with one attached hydrogen (secondary N) is 1. The van der Waals surface area contributed by atoms with E-state index in [0.29, 0.717) is 12.5 Å². The highest BCUT2D eigenvalue weighted by atomic mass is 16.5. The molecule has 1 N–H and O–H groups in total. The zero-order valence-electron chi connectivity index (χ0n) is 15.7. The average Bonchev–Trinajstić information content (AvgIpc) is 3.37. The summed E-state index contributed by atoms with van der Waals surface area (Å²) in [6.07, 6.45) is 9.77. The smallest absolute Gasteiger partial charge is 0.245 e. The van der Waals surface area contributed by atoms with Crippen LogP contribution < -0.4 is 10.2 Å². The van der Waals surface area contributed by atoms with Crippen LogP contribution in [-0.4, -0.2) is 33.1 Å². The molecule has 2 aromatic heterocycles. The molecule has 0 radical (unpaired) electrons. The summed E-state index contributed by atoms with van der Waals surface area (Å²) in [7, 11) is 0. The van der Waals surface area contributed by atoms with Gasteiger partial charge in [0, 0.05) is 11.8 Å². The first-order valence-electron chi connectivity index (χ1n) is 9.56. The molecule has 1 amide bonds. The maximum absolute atomic E-state index is 12.9. The zero-order valence-corrected chi connectivity index (χ0v) is 15.7. The molecule has 2 aliphatic rings. The molecule has 2 unspecified atom stereocenters. The molecular weight excluding hydrogens is 330 g/mol. The Balaban J connectivity index is 1.47. The Morgan fingerprint density at radius 1 is 1.31 bits per heavy atom. The minimum Gasteiger partial charge on any atom is -0.361 e. The number of anilines is 1. The van der Waals surface area contributed by atoms with E-state index in [2.05, 4.69) is 15.6 Å². The van der Waals surface area contributed by atoms with E-state index < -0.39 is 0 Å². The second-order valence-electron chi connectivity index (χ2n) is 7.69. The van der Waals surface area contributed by atoms with Crippen molar-refractivity contribution in [2.45, 2.75) is 71.6 Å². The highest BCUT2D eigenvalue weighted by molar-refractivity contribution is 5.99. The van der Waals surface area contributed by atoms with Crippen molar-refractivity contribution < 1.29 is 9.32 Å². The Morgan fingerprint density at radius 2 is 2.08 bits per heavy atom. The lowest BCUT2D eigenvalue weighted by Gasteiger charge is -2.18. The molecule has 4 rings (SSSR count). The van der Waals surface area contributed by atoms with E-state index in [0.717, 1.165) is 29.1 Å². The Bertz CT molecular complexity index is 770. The monoisotopic (exact) mass is 357 g/mol. The van der Waals surface area contributed by atoms with Crippen molar-refractivity contribution >= 4 is 11.6 Å². The summed E-state index contributed by atoms with van der Waals surface area (Å²) < 4.78 is 7.06. The van der Waals surface area contributed by atoms with Gasteiger partial charge in [0.1, 0.15) is 5.76 Å². The van der Waals surface area contributed by atoms with Crippen LogP contribution in [0.1, 0.15) is 56.0 Å². The van der Waals surface area contributed by atoms with E-state index in [4.69, 9.17) is 4.52 Å². The van der Waals surface area contributed by atoms with Gasteiger partial charge in [0.05, 0.1) is 36.3 Å². The molecule has 26 heavy (non-hydrogen) atoms. The highest BCUT2D eigenvalue weighted by Crippen LogP contribution is 2.31. The summed E-state index contributed by atoms with van der Waals surface area (Å²) >= 11 is 0. The molecule has 7 nitrogen and oxygen atoms in total. The number of aryl methyl sites for hydroxylation is 2. The van der Waals surface area contributed by atoms with Crippen LogP contribution in [0.15, 0.2) is 16.9 Å². The summed E-state index contributed by atoms with van der Waals surface area (Å²) in [4.78, 5) is 14.8. The fraction of sp³-hybridized carbons (Fsp3) is 0.632. The van der Waals surface area contributed by atoms with Gasteiger partial charge in [0.2, 0.25) is 5.91 Å². The van der Waals surface area contributed by atoms with Gasteiger partial charge in [0.15, 0.2) is 0 Å². The number of nitrogens with zero attached hydrogens (tertiary/aromatic N) is 4. The van der Waals surface area contributed by atoms with Crippen LogP contribution in [0, 0.1) is 19.8 Å². The molecule has 1 aliphatic carbocycles. The predicted molar refractivity (Wildman–Crippen MR) is 97.8 cm³/mol. The summed E-state index contributed by atoms with van der Waals surface area (Å²) in [6.45, 7) is 6.47. The van der Waals surface area contributed by atoms with Crippen LogP contribution in [-0.2, 0) is 11.3 Å². The summed E-state index contributed by atoms with van der Waals surface area (Å²) in [5.74, 6) is 1.66. The van der Waals surface area contributed by atoms with E-state index in [-0.39, 0.29) is 18.1 Å². The standard InChI is InChI=1S/C19H27N5O2/c1-12-17(13(2)26-22-12)11-23-10-16(9-20-23)24-14(3)21-18(19(24)25)8-15-6-4-5-7-15/h9-10,14-15,18,21H,4-8,11H2,1-3H3. The predicted octanol–water partition coefficient (Wildman–Crippen LogP) is 2.77. The largest absolute Gasteiger partial charge is 0.361 e. The number of hydrogen-bond acceptors (Lipinski definition) is 5. The molecule has 0 spiro atoms. The SMILES string of the molecule is Cc1noc(C)c1Cn1cc(N2C(=O)C(CC3CCCC3)NC2C)cn1. The van der Waals surface area contributed by atoms with Crippen LogP contribution in [0.2, 0.25) is 0 Å². The summed E-state index contributed by atoms with van der Waals surface area (Å²) in [6, 6.07) is -0.0704. The van der Waals surface area contributed by atoms with Crippen molar-refractivity contribution in [1.29, 1.82) is 0 Å². The Labute approximate surface area is 153 Å². The number of hydrogen-bond donors (Lipinski definition) is 1. The number of carbonyl (C=O) groups is 1. The van der Waals surface area contributed by atoms with Crippen molar-refractivity contribution in [2.24, 2.45) is 5.92 Å². The van der Waals surface area contributed by atoms with Crippen molar-refractivity contribution in [3.8, 4) is 0 Å². The van der Waals surface area contributed by atoms with Crippen molar-refractivity contribution in [2.75, 3.05) is 4.90 Å². The maximum atomic E-state index is 12.9. The van der Waals surface area contributed by atoms with Crippen molar-refractivity contribution in [3.63, 3.8) is 0 Å². The van der Waals surface area contributed by atoms with E-state index in [9.17, 15) is 4.79 Å². The van der Waals surface area contributed by atoms with Gasteiger partial charge in [-0.15, -0.1) is 0 Å². The molecule has 2 atom stereocenters. The van der Waals surface area contributed by atoms with E-state index >= 15 is 0 Å². The van der Waals surface area contributed by atoms with Crippen LogP contribution in [0.5, 0.6) is 0 Å². The van der Waals surface area contributed by atoms with Gasteiger partial charge in [-0.1, -0.05) is 30.8 Å². The Hall–Kier alpha value is -2.15. The third-order valence-corrected chi connectivity index (χ3v) is 5.81. The molecule has 2 aromatic rings. The molecule has 1 saturated carbocycles. The molecular formula is C19H27N5O2. The van der Waals surface area contributed by atoms with Gasteiger partial charge in [-0.25, -0.2) is 0 Å². The summed E-state index contributed by atoms with van der Waals surface area (Å²) in [5.41, 5.74) is 2.76. The van der Waals surface area contributed by atoms with Gasteiger partial charge >= 0.3 is 0 Å². The van der Waals surface area contributed by atoms with Crippen LogP contribution in [0.25, 0.3) is 0 Å². The second-order valence-corrected chi connectivity index (χ2v) is 7.69. The number of rotatable bonds is 5. The van der Waals surface area contributed by atoms with Gasteiger partial charge in [-0.2, -0.15) is 5.10 Å². The quantitative estimate of drug-likeness (QED) is 0.890. The molecule has 0 aromatic carbocycles. The normalized spacial score (nSPS) is 24.1. The fourth-order valence-electron chi connectivity index (χ4n) is 4.35. The first kappa shape index (κ1) is 17.3. The average molecular weight is 357 g/mol. The van der Waals surface area contributed by atoms with E-state index in [1.54, 1.807) is 6.20 Å². The molecule has 2 fully saturated rings. The lowest BCUT2D eigenvalue weighted by molar-refractivity contribution is -0.118. The third-order valence-electron chi connectivity index (χ3n) is 5.81. The van der Waals surface area contributed by atoms with Gasteiger partial charge in [-0.3, -0.25) is 19.7 Å². The van der Waals surface area contributed by atoms with Crippen LogP contribution >= 0.6 is 0 Å². The molecule has 1 saturated heterocycles. The van der Waals surface area contributed by atoms with Gasteiger partial charge in [0.25, 0.3) is 0 Å². The van der Waals surface area contributed by atoms with Crippen LogP contribution in [0.3, 0.4) is 0 Å². The highest BCUT2D eigenvalue weighted by Gasteiger charge is 2.39.